The third kappa shape index (κ3) is 2.46. The van der Waals surface area contributed by atoms with Crippen LogP contribution in [0.5, 0.6) is 0 Å². The summed E-state index contributed by atoms with van der Waals surface area (Å²) in [7, 11) is 0. The van der Waals surface area contributed by atoms with Crippen molar-refractivity contribution < 1.29 is 4.74 Å². The van der Waals surface area contributed by atoms with Gasteiger partial charge in [0, 0.05) is 19.1 Å². The van der Waals surface area contributed by atoms with Crippen LogP contribution in [0.2, 0.25) is 0 Å². The van der Waals surface area contributed by atoms with Crippen LogP contribution in [0.15, 0.2) is 0 Å². The fraction of sp³-hybridized carbons (Fsp3) is 1.00. The molecule has 1 aliphatic heterocycles. The van der Waals surface area contributed by atoms with Crippen molar-refractivity contribution in [1.29, 1.82) is 0 Å². The molecule has 0 bridgehead atoms. The molecule has 0 N–H and O–H groups in total. The van der Waals surface area contributed by atoms with Crippen molar-refractivity contribution in [2.45, 2.75) is 39.3 Å². The summed E-state index contributed by atoms with van der Waals surface area (Å²) >= 11 is 0. The minimum atomic E-state index is 0.428. The van der Waals surface area contributed by atoms with Crippen LogP contribution in [-0.4, -0.2) is 36.7 Å². The lowest BCUT2D eigenvalue weighted by Gasteiger charge is -2.35. The van der Waals surface area contributed by atoms with E-state index in [2.05, 4.69) is 25.7 Å². The first kappa shape index (κ1) is 9.01. The summed E-state index contributed by atoms with van der Waals surface area (Å²) in [6.07, 6.45) is 1.67. The molecule has 2 atom stereocenters. The topological polar surface area (TPSA) is 12.5 Å². The van der Waals surface area contributed by atoms with Gasteiger partial charge in [0.05, 0.1) is 12.7 Å². The van der Waals surface area contributed by atoms with Gasteiger partial charge in [0.2, 0.25) is 0 Å². The maximum atomic E-state index is 5.46. The van der Waals surface area contributed by atoms with Crippen molar-refractivity contribution in [2.24, 2.45) is 0 Å². The zero-order valence-electron chi connectivity index (χ0n) is 7.84. The number of nitrogens with zero attached hydrogens (tertiary/aromatic N) is 1. The fourth-order valence-electron chi connectivity index (χ4n) is 1.50. The molecule has 0 aromatic heterocycles. The smallest absolute Gasteiger partial charge is 0.0674 e. The number of morpholine rings is 1. The van der Waals surface area contributed by atoms with Crippen LogP contribution < -0.4 is 0 Å². The van der Waals surface area contributed by atoms with E-state index in [4.69, 9.17) is 4.74 Å². The largest absolute Gasteiger partial charge is 0.376 e. The second-order valence-electron chi connectivity index (χ2n) is 3.43. The van der Waals surface area contributed by atoms with E-state index in [9.17, 15) is 0 Å². The van der Waals surface area contributed by atoms with Crippen molar-refractivity contribution >= 4 is 0 Å². The van der Waals surface area contributed by atoms with Crippen LogP contribution >= 0.6 is 0 Å². The van der Waals surface area contributed by atoms with Gasteiger partial charge in [-0.2, -0.15) is 0 Å². The molecule has 1 fully saturated rings. The molecule has 0 aromatic carbocycles. The molecule has 66 valence electrons. The van der Waals surface area contributed by atoms with Crippen LogP contribution in [0.25, 0.3) is 0 Å². The summed E-state index contributed by atoms with van der Waals surface area (Å²) in [5.41, 5.74) is 0. The minimum Gasteiger partial charge on any atom is -0.376 e. The second kappa shape index (κ2) is 4.07. The third-order valence-corrected chi connectivity index (χ3v) is 2.49. The van der Waals surface area contributed by atoms with Gasteiger partial charge < -0.3 is 4.74 Å². The molecule has 11 heavy (non-hydrogen) atoms. The highest BCUT2D eigenvalue weighted by atomic mass is 16.5. The lowest BCUT2D eigenvalue weighted by atomic mass is 10.2. The number of rotatable bonds is 2. The molecule has 0 saturated carbocycles. The van der Waals surface area contributed by atoms with Crippen LogP contribution in [0.3, 0.4) is 0 Å². The molecule has 0 aliphatic carbocycles. The van der Waals surface area contributed by atoms with E-state index in [1.165, 1.54) is 6.42 Å². The monoisotopic (exact) mass is 157 g/mol. The molecular formula is C9H19NO. The van der Waals surface area contributed by atoms with E-state index in [0.717, 1.165) is 25.7 Å². The summed E-state index contributed by atoms with van der Waals surface area (Å²) in [5, 5.41) is 0. The Balaban J connectivity index is 2.33. The van der Waals surface area contributed by atoms with Gasteiger partial charge in [0.1, 0.15) is 0 Å². The Morgan fingerprint density at radius 2 is 2.36 bits per heavy atom. The first-order chi connectivity index (χ1) is 5.24. The Hall–Kier alpha value is -0.0800. The molecule has 1 rings (SSSR count). The highest BCUT2D eigenvalue weighted by Gasteiger charge is 2.19. The Bertz CT molecular complexity index is 116. The summed E-state index contributed by atoms with van der Waals surface area (Å²) in [6.45, 7) is 9.80. The first-order valence-corrected chi connectivity index (χ1v) is 4.59. The maximum absolute atomic E-state index is 5.46. The molecule has 1 heterocycles. The highest BCUT2D eigenvalue weighted by molar-refractivity contribution is 4.72. The van der Waals surface area contributed by atoms with Gasteiger partial charge in [-0.05, 0) is 20.3 Å². The molecule has 0 radical (unpaired) electrons. The maximum Gasteiger partial charge on any atom is 0.0674 e. The number of ether oxygens (including phenoxy) is 1. The van der Waals surface area contributed by atoms with Crippen LogP contribution in [0, 0.1) is 0 Å². The predicted octanol–water partition coefficient (Wildman–Crippen LogP) is 1.51. The molecule has 0 aromatic rings. The average Bonchev–Trinajstić information content (AvgIpc) is 2.03. The standard InChI is InChI=1S/C9H19NO/c1-4-8(2)10-5-6-11-9(3)7-10/h8-9H,4-7H2,1-3H3. The molecule has 0 amide bonds. The predicted molar refractivity (Wildman–Crippen MR) is 46.7 cm³/mol. The van der Waals surface area contributed by atoms with Gasteiger partial charge in [-0.1, -0.05) is 6.92 Å². The van der Waals surface area contributed by atoms with E-state index in [1.54, 1.807) is 0 Å². The van der Waals surface area contributed by atoms with E-state index in [1.807, 2.05) is 0 Å². The van der Waals surface area contributed by atoms with Crippen molar-refractivity contribution in [1.82, 2.24) is 4.90 Å². The minimum absolute atomic E-state index is 0.428. The Morgan fingerprint density at radius 1 is 1.64 bits per heavy atom. The SMILES string of the molecule is CCC(C)N1CCOC(C)C1. The number of hydrogen-bond donors (Lipinski definition) is 0. The van der Waals surface area contributed by atoms with Gasteiger partial charge in [0.25, 0.3) is 0 Å². The van der Waals surface area contributed by atoms with Crippen molar-refractivity contribution in [3.8, 4) is 0 Å². The molecule has 2 unspecified atom stereocenters. The van der Waals surface area contributed by atoms with Crippen LogP contribution in [-0.2, 0) is 4.74 Å². The molecule has 2 nitrogen and oxygen atoms in total. The van der Waals surface area contributed by atoms with Gasteiger partial charge in [-0.15, -0.1) is 0 Å². The van der Waals surface area contributed by atoms with Crippen molar-refractivity contribution in [2.75, 3.05) is 19.7 Å². The summed E-state index contributed by atoms with van der Waals surface area (Å²) in [5.74, 6) is 0. The molecule has 2 heteroatoms. The van der Waals surface area contributed by atoms with Gasteiger partial charge in [-0.3, -0.25) is 4.90 Å². The quantitative estimate of drug-likeness (QED) is 0.602. The third-order valence-electron chi connectivity index (χ3n) is 2.49. The van der Waals surface area contributed by atoms with Crippen LogP contribution in [0.4, 0.5) is 0 Å². The zero-order chi connectivity index (χ0) is 8.27. The van der Waals surface area contributed by atoms with Gasteiger partial charge >= 0.3 is 0 Å². The van der Waals surface area contributed by atoms with E-state index >= 15 is 0 Å². The summed E-state index contributed by atoms with van der Waals surface area (Å²) < 4.78 is 5.46. The Kier molecular flexibility index (Phi) is 3.34. The van der Waals surface area contributed by atoms with E-state index in [0.29, 0.717) is 6.10 Å². The highest BCUT2D eigenvalue weighted by Crippen LogP contribution is 2.09. The van der Waals surface area contributed by atoms with E-state index < -0.39 is 0 Å². The van der Waals surface area contributed by atoms with Crippen LogP contribution in [0.1, 0.15) is 27.2 Å². The molecule has 1 saturated heterocycles. The zero-order valence-corrected chi connectivity index (χ0v) is 7.84. The summed E-state index contributed by atoms with van der Waals surface area (Å²) in [4.78, 5) is 2.51. The fourth-order valence-corrected chi connectivity index (χ4v) is 1.50. The Morgan fingerprint density at radius 3 is 2.91 bits per heavy atom. The summed E-state index contributed by atoms with van der Waals surface area (Å²) in [6, 6.07) is 0.723. The van der Waals surface area contributed by atoms with E-state index in [-0.39, 0.29) is 0 Å². The van der Waals surface area contributed by atoms with Crippen molar-refractivity contribution in [3.05, 3.63) is 0 Å². The van der Waals surface area contributed by atoms with Gasteiger partial charge in [-0.25, -0.2) is 0 Å². The lowest BCUT2D eigenvalue weighted by molar-refractivity contribution is -0.0318. The first-order valence-electron chi connectivity index (χ1n) is 4.59. The molecule has 1 aliphatic rings. The average molecular weight is 157 g/mol. The second-order valence-corrected chi connectivity index (χ2v) is 3.43. The molecular weight excluding hydrogens is 138 g/mol. The Labute approximate surface area is 69.5 Å². The normalized spacial score (nSPS) is 30.3. The molecule has 0 spiro atoms. The lowest BCUT2D eigenvalue weighted by Crippen LogP contribution is -2.45. The van der Waals surface area contributed by atoms with Gasteiger partial charge in [0.15, 0.2) is 0 Å². The number of hydrogen-bond acceptors (Lipinski definition) is 2. The van der Waals surface area contributed by atoms with Crippen molar-refractivity contribution in [3.63, 3.8) is 0 Å².